The van der Waals surface area contributed by atoms with Crippen LogP contribution in [0.25, 0.3) is 21.8 Å². The second kappa shape index (κ2) is 13.3. The summed E-state index contributed by atoms with van der Waals surface area (Å²) in [7, 11) is 1.68. The monoisotopic (exact) mass is 663 g/mol. The lowest BCUT2D eigenvalue weighted by Gasteiger charge is -2.44. The number of piperazine rings is 1. The maximum Gasteiger partial charge on any atom is 0.335 e. The first-order chi connectivity index (χ1) is 23.2. The van der Waals surface area contributed by atoms with Crippen LogP contribution >= 0.6 is 0 Å². The lowest BCUT2D eigenvalue weighted by molar-refractivity contribution is -0.271. The third-order valence-electron chi connectivity index (χ3n) is 9.68. The van der Waals surface area contributed by atoms with Crippen molar-refractivity contribution in [2.45, 2.75) is 49.6 Å². The van der Waals surface area contributed by atoms with E-state index in [2.05, 4.69) is 36.8 Å². The molecule has 0 saturated carbocycles. The third kappa shape index (κ3) is 6.05. The van der Waals surface area contributed by atoms with Crippen molar-refractivity contribution in [2.75, 3.05) is 56.2 Å². The maximum absolute atomic E-state index is 14.9. The van der Waals surface area contributed by atoms with E-state index in [4.69, 9.17) is 14.2 Å². The number of fused-ring (bicyclic) bond motifs is 2. The Morgan fingerprint density at radius 1 is 0.896 bits per heavy atom. The number of carbonyl (C=O) groups is 1. The minimum Gasteiger partial charge on any atom is -0.497 e. The van der Waals surface area contributed by atoms with Crippen LogP contribution in [0.1, 0.15) is 12.8 Å². The van der Waals surface area contributed by atoms with Crippen molar-refractivity contribution in [2.24, 2.45) is 0 Å². The summed E-state index contributed by atoms with van der Waals surface area (Å²) < 4.78 is 31.3. The third-order valence-corrected chi connectivity index (χ3v) is 9.68. The van der Waals surface area contributed by atoms with Gasteiger partial charge in [-0.05, 0) is 43.2 Å². The molecular weight excluding hydrogens is 625 g/mol. The summed E-state index contributed by atoms with van der Waals surface area (Å²) in [5.74, 6) is -1.23. The van der Waals surface area contributed by atoms with Crippen molar-refractivity contribution < 1.29 is 43.8 Å². The summed E-state index contributed by atoms with van der Waals surface area (Å²) in [4.78, 5) is 27.8. The predicted octanol–water partition coefficient (Wildman–Crippen LogP) is 1.99. The van der Waals surface area contributed by atoms with Gasteiger partial charge in [-0.2, -0.15) is 0 Å². The molecule has 2 aromatic heterocycles. The van der Waals surface area contributed by atoms with Crippen LogP contribution in [0.15, 0.2) is 54.7 Å². The highest BCUT2D eigenvalue weighted by molar-refractivity contribution is 5.93. The molecule has 4 aromatic rings. The van der Waals surface area contributed by atoms with E-state index in [-0.39, 0.29) is 11.3 Å². The number of hydrogen-bond donors (Lipinski definition) is 4. The van der Waals surface area contributed by atoms with Crippen molar-refractivity contribution in [1.29, 1.82) is 0 Å². The minimum atomic E-state index is -1.85. The summed E-state index contributed by atoms with van der Waals surface area (Å²) in [6.45, 7) is 5.05. The van der Waals surface area contributed by atoms with E-state index in [0.29, 0.717) is 11.6 Å². The molecule has 0 spiro atoms. The first-order valence-corrected chi connectivity index (χ1v) is 16.1. The van der Waals surface area contributed by atoms with Gasteiger partial charge in [0.2, 0.25) is 12.2 Å². The fourth-order valence-corrected chi connectivity index (χ4v) is 7.04. The minimum absolute atomic E-state index is 0.0575. The normalized spacial score (nSPS) is 25.8. The zero-order valence-corrected chi connectivity index (χ0v) is 26.4. The number of methoxy groups -OCH3 is 1. The number of halogens is 1. The molecule has 5 heterocycles. The van der Waals surface area contributed by atoms with E-state index < -0.39 is 42.5 Å². The number of piperidine rings is 1. The molecule has 0 amide bonds. The lowest BCUT2D eigenvalue weighted by atomic mass is 9.99. The van der Waals surface area contributed by atoms with Crippen LogP contribution < -0.4 is 19.3 Å². The molecule has 48 heavy (non-hydrogen) atoms. The number of ether oxygens (including phenoxy) is 3. The fraction of sp³-hybridized carbons (Fsp3) is 0.441. The predicted molar refractivity (Wildman–Crippen MR) is 174 cm³/mol. The molecule has 7 rings (SSSR count). The Balaban J connectivity index is 1.02. The number of aliphatic hydroxyl groups excluding tert-OH is 3. The van der Waals surface area contributed by atoms with Gasteiger partial charge in [-0.15, -0.1) is 0 Å². The number of rotatable bonds is 7. The van der Waals surface area contributed by atoms with Crippen LogP contribution in [0.5, 0.6) is 11.6 Å². The van der Waals surface area contributed by atoms with E-state index in [0.717, 1.165) is 80.1 Å². The molecule has 13 nitrogen and oxygen atoms in total. The topological polar surface area (TPSA) is 161 Å². The zero-order chi connectivity index (χ0) is 33.5. The molecule has 14 heteroatoms. The molecule has 0 bridgehead atoms. The highest BCUT2D eigenvalue weighted by Gasteiger charge is 2.48. The van der Waals surface area contributed by atoms with Crippen molar-refractivity contribution in [3.63, 3.8) is 0 Å². The molecule has 0 aliphatic carbocycles. The van der Waals surface area contributed by atoms with Crippen molar-refractivity contribution in [3.8, 4) is 11.6 Å². The molecule has 2 aromatic carbocycles. The van der Waals surface area contributed by atoms with E-state index in [9.17, 15) is 29.6 Å². The van der Waals surface area contributed by atoms with Gasteiger partial charge in [0.05, 0.1) is 24.0 Å². The Morgan fingerprint density at radius 2 is 1.65 bits per heavy atom. The molecule has 3 aliphatic rings. The molecule has 254 valence electrons. The van der Waals surface area contributed by atoms with Crippen LogP contribution in [0.3, 0.4) is 0 Å². The van der Waals surface area contributed by atoms with Crippen molar-refractivity contribution in [1.82, 2.24) is 14.9 Å². The van der Waals surface area contributed by atoms with E-state index >= 15 is 0 Å². The summed E-state index contributed by atoms with van der Waals surface area (Å²) in [6, 6.07) is 14.4. The largest absolute Gasteiger partial charge is 0.497 e. The van der Waals surface area contributed by atoms with Crippen molar-refractivity contribution in [3.05, 3.63) is 60.5 Å². The molecular formula is C34H38FN5O8. The van der Waals surface area contributed by atoms with E-state index in [1.165, 1.54) is 18.2 Å². The van der Waals surface area contributed by atoms with Crippen LogP contribution in [-0.2, 0) is 9.53 Å². The SMILES string of the molecule is COc1cc(N2CCN(C3CCN(c4ccc(F)c5ccc(OC6OC(C(=O)O)C(O)C(O)C6O)nc45)CC3)CC2)c2ncccc2c1. The summed E-state index contributed by atoms with van der Waals surface area (Å²) in [5, 5.41) is 41.2. The van der Waals surface area contributed by atoms with Gasteiger partial charge in [-0.25, -0.2) is 14.2 Å². The maximum atomic E-state index is 14.9. The van der Waals surface area contributed by atoms with Gasteiger partial charge in [0.15, 0.2) is 6.10 Å². The molecule has 5 unspecified atom stereocenters. The van der Waals surface area contributed by atoms with Crippen LogP contribution in [0, 0.1) is 5.82 Å². The van der Waals surface area contributed by atoms with Gasteiger partial charge in [0.25, 0.3) is 0 Å². The second-order valence-corrected chi connectivity index (χ2v) is 12.4. The Labute approximate surface area is 275 Å². The Bertz CT molecular complexity index is 1800. The number of hydrogen-bond acceptors (Lipinski definition) is 12. The highest BCUT2D eigenvalue weighted by atomic mass is 19.1. The smallest absolute Gasteiger partial charge is 0.335 e. The summed E-state index contributed by atoms with van der Waals surface area (Å²) in [6.07, 6.45) is -5.20. The van der Waals surface area contributed by atoms with Crippen LogP contribution in [0.4, 0.5) is 15.8 Å². The Kier molecular flexibility index (Phi) is 8.92. The number of carboxylic acid groups (broad SMARTS) is 1. The van der Waals surface area contributed by atoms with Crippen molar-refractivity contribution >= 4 is 39.1 Å². The van der Waals surface area contributed by atoms with Gasteiger partial charge in [0.1, 0.15) is 35.4 Å². The first-order valence-electron chi connectivity index (χ1n) is 16.1. The van der Waals surface area contributed by atoms with E-state index in [1.54, 1.807) is 13.2 Å². The Morgan fingerprint density at radius 3 is 2.38 bits per heavy atom. The number of aliphatic carboxylic acids is 1. The number of anilines is 2. The zero-order valence-electron chi connectivity index (χ0n) is 26.4. The summed E-state index contributed by atoms with van der Waals surface area (Å²) in [5.41, 5.74) is 3.12. The molecule has 3 aliphatic heterocycles. The van der Waals surface area contributed by atoms with Crippen LogP contribution in [-0.4, -0.2) is 124 Å². The van der Waals surface area contributed by atoms with Gasteiger partial charge < -0.3 is 44.4 Å². The molecule has 3 saturated heterocycles. The molecule has 4 N–H and O–H groups in total. The number of aliphatic hydroxyl groups is 3. The second-order valence-electron chi connectivity index (χ2n) is 12.4. The Hall–Kier alpha value is -4.34. The standard InChI is InChI=1S/C34H38FN5O8/c1-46-21-17-19-3-2-10-36-27(19)25(18-21)40-15-13-38(14-16-40)20-8-11-39(12-9-20)24-6-5-23(35)22-4-7-26(37-28(22)24)47-34-31(43)29(41)30(42)32(48-34)33(44)45/h2-7,10,17-18,20,29-32,34,41-43H,8-9,11-16H2,1H3,(H,44,45). The quantitative estimate of drug-likeness (QED) is 0.228. The fourth-order valence-electron chi connectivity index (χ4n) is 7.04. The average Bonchev–Trinajstić information content (AvgIpc) is 3.11. The van der Waals surface area contributed by atoms with E-state index in [1.807, 2.05) is 18.3 Å². The van der Waals surface area contributed by atoms with Crippen LogP contribution in [0.2, 0.25) is 0 Å². The number of pyridine rings is 2. The first kappa shape index (κ1) is 32.2. The lowest BCUT2D eigenvalue weighted by Crippen LogP contribution is -2.61. The van der Waals surface area contributed by atoms with Gasteiger partial charge >= 0.3 is 5.97 Å². The van der Waals surface area contributed by atoms with Gasteiger partial charge in [-0.1, -0.05) is 6.07 Å². The number of nitrogens with zero attached hydrogens (tertiary/aromatic N) is 5. The summed E-state index contributed by atoms with van der Waals surface area (Å²) >= 11 is 0. The van der Waals surface area contributed by atoms with Gasteiger partial charge in [-0.3, -0.25) is 9.88 Å². The van der Waals surface area contributed by atoms with Gasteiger partial charge in [0, 0.05) is 74.4 Å². The molecule has 0 radical (unpaired) electrons. The highest BCUT2D eigenvalue weighted by Crippen LogP contribution is 2.35. The molecule has 3 fully saturated rings. The number of carboxylic acids is 1. The number of aromatic nitrogens is 2. The molecule has 5 atom stereocenters. The number of benzene rings is 2. The average molecular weight is 664 g/mol.